The van der Waals surface area contributed by atoms with E-state index in [0.717, 1.165) is 17.5 Å². The molecule has 1 aromatic rings. The van der Waals surface area contributed by atoms with Crippen LogP contribution in [0.5, 0.6) is 0 Å². The Bertz CT molecular complexity index is 379. The Balaban J connectivity index is 2.66. The van der Waals surface area contributed by atoms with Crippen LogP contribution >= 0.6 is 0 Å². The summed E-state index contributed by atoms with van der Waals surface area (Å²) < 4.78 is 4.58. The van der Waals surface area contributed by atoms with Gasteiger partial charge in [-0.25, -0.2) is 0 Å². The average molecular weight is 203 g/mol. The molecule has 0 aromatic heterocycles. The van der Waals surface area contributed by atoms with Crippen molar-refractivity contribution in [3.8, 4) is 6.07 Å². The molecular weight excluding hydrogens is 190 g/mol. The second-order valence-corrected chi connectivity index (χ2v) is 3.23. The van der Waals surface area contributed by atoms with Crippen LogP contribution in [0.4, 0.5) is 0 Å². The minimum Gasteiger partial charge on any atom is -0.469 e. The van der Waals surface area contributed by atoms with Crippen molar-refractivity contribution >= 4 is 5.97 Å². The monoisotopic (exact) mass is 203 g/mol. The van der Waals surface area contributed by atoms with Gasteiger partial charge in [-0.3, -0.25) is 4.79 Å². The quantitative estimate of drug-likeness (QED) is 0.702. The number of aryl methyl sites for hydroxylation is 1. The van der Waals surface area contributed by atoms with E-state index in [-0.39, 0.29) is 12.4 Å². The Kier molecular flexibility index (Phi) is 4.36. The maximum atomic E-state index is 11.0. The van der Waals surface area contributed by atoms with Gasteiger partial charge in [0.2, 0.25) is 0 Å². The molecule has 0 fully saturated rings. The van der Waals surface area contributed by atoms with E-state index in [1.807, 2.05) is 24.3 Å². The fourth-order valence-electron chi connectivity index (χ4n) is 1.33. The SMILES string of the molecule is COC(=O)Cc1cccc(CCC#N)c1. The summed E-state index contributed by atoms with van der Waals surface area (Å²) >= 11 is 0. The molecule has 0 radical (unpaired) electrons. The molecule has 78 valence electrons. The van der Waals surface area contributed by atoms with Gasteiger partial charge in [0, 0.05) is 6.42 Å². The normalized spacial score (nSPS) is 9.33. The lowest BCUT2D eigenvalue weighted by atomic mass is 10.1. The Hall–Kier alpha value is -1.82. The minimum absolute atomic E-state index is 0.243. The highest BCUT2D eigenvalue weighted by Gasteiger charge is 2.03. The zero-order valence-electron chi connectivity index (χ0n) is 8.69. The topological polar surface area (TPSA) is 50.1 Å². The maximum Gasteiger partial charge on any atom is 0.309 e. The lowest BCUT2D eigenvalue weighted by Gasteiger charge is -2.02. The molecule has 15 heavy (non-hydrogen) atoms. The number of nitriles is 1. The van der Waals surface area contributed by atoms with Crippen LogP contribution in [0.15, 0.2) is 24.3 Å². The van der Waals surface area contributed by atoms with Gasteiger partial charge in [-0.15, -0.1) is 0 Å². The zero-order valence-corrected chi connectivity index (χ0v) is 8.69. The molecular formula is C12H13NO2. The Morgan fingerprint density at radius 1 is 1.47 bits per heavy atom. The highest BCUT2D eigenvalue weighted by molar-refractivity contribution is 5.72. The predicted octanol–water partition coefficient (Wildman–Crippen LogP) is 1.86. The Morgan fingerprint density at radius 2 is 2.20 bits per heavy atom. The van der Waals surface area contributed by atoms with Gasteiger partial charge < -0.3 is 4.74 Å². The van der Waals surface area contributed by atoms with Gasteiger partial charge in [-0.1, -0.05) is 24.3 Å². The summed E-state index contributed by atoms with van der Waals surface area (Å²) in [5.41, 5.74) is 2.01. The van der Waals surface area contributed by atoms with Gasteiger partial charge in [-0.05, 0) is 17.5 Å². The highest BCUT2D eigenvalue weighted by Crippen LogP contribution is 2.08. The predicted molar refractivity (Wildman–Crippen MR) is 56.1 cm³/mol. The maximum absolute atomic E-state index is 11.0. The molecule has 0 amide bonds. The molecule has 0 aliphatic heterocycles. The number of nitrogens with zero attached hydrogens (tertiary/aromatic N) is 1. The first-order valence-electron chi connectivity index (χ1n) is 4.78. The third-order valence-corrected chi connectivity index (χ3v) is 2.09. The van der Waals surface area contributed by atoms with Gasteiger partial charge in [0.25, 0.3) is 0 Å². The van der Waals surface area contributed by atoms with Crippen LogP contribution in [0.3, 0.4) is 0 Å². The Labute approximate surface area is 89.3 Å². The number of esters is 1. The molecule has 0 N–H and O–H groups in total. The molecule has 1 aromatic carbocycles. The second kappa shape index (κ2) is 5.82. The molecule has 0 aliphatic carbocycles. The van der Waals surface area contributed by atoms with Crippen molar-refractivity contribution in [2.45, 2.75) is 19.3 Å². The highest BCUT2D eigenvalue weighted by atomic mass is 16.5. The van der Waals surface area contributed by atoms with Gasteiger partial charge in [-0.2, -0.15) is 5.26 Å². The molecule has 3 nitrogen and oxygen atoms in total. The number of hydrogen-bond acceptors (Lipinski definition) is 3. The first kappa shape index (κ1) is 11.3. The van der Waals surface area contributed by atoms with E-state index in [9.17, 15) is 4.79 Å². The van der Waals surface area contributed by atoms with Gasteiger partial charge in [0.1, 0.15) is 0 Å². The third kappa shape index (κ3) is 3.82. The van der Waals surface area contributed by atoms with E-state index >= 15 is 0 Å². The number of carbonyl (C=O) groups excluding carboxylic acids is 1. The molecule has 0 bridgehead atoms. The minimum atomic E-state index is -0.243. The molecule has 1 rings (SSSR count). The number of benzene rings is 1. The standard InChI is InChI=1S/C12H13NO2/c1-15-12(14)9-11-5-2-4-10(8-11)6-3-7-13/h2,4-5,8H,3,6,9H2,1H3. The van der Waals surface area contributed by atoms with Gasteiger partial charge in [0.05, 0.1) is 19.6 Å². The van der Waals surface area contributed by atoms with Crippen LogP contribution in [0.2, 0.25) is 0 Å². The number of methoxy groups -OCH3 is 1. The van der Waals surface area contributed by atoms with Crippen LogP contribution in [-0.4, -0.2) is 13.1 Å². The lowest BCUT2D eigenvalue weighted by Crippen LogP contribution is -2.04. The molecule has 0 saturated heterocycles. The molecule has 0 atom stereocenters. The van der Waals surface area contributed by atoms with Crippen molar-refractivity contribution in [2.24, 2.45) is 0 Å². The van der Waals surface area contributed by atoms with Crippen molar-refractivity contribution < 1.29 is 9.53 Å². The van der Waals surface area contributed by atoms with Crippen molar-refractivity contribution in [3.05, 3.63) is 35.4 Å². The Morgan fingerprint density at radius 3 is 2.87 bits per heavy atom. The summed E-state index contributed by atoms with van der Waals surface area (Å²) in [5, 5.41) is 8.46. The second-order valence-electron chi connectivity index (χ2n) is 3.23. The van der Waals surface area contributed by atoms with Crippen molar-refractivity contribution in [2.75, 3.05) is 7.11 Å². The molecule has 0 unspecified atom stereocenters. The van der Waals surface area contributed by atoms with Crippen molar-refractivity contribution in [1.29, 1.82) is 5.26 Å². The fraction of sp³-hybridized carbons (Fsp3) is 0.333. The van der Waals surface area contributed by atoms with Crippen molar-refractivity contribution in [3.63, 3.8) is 0 Å². The first-order valence-corrected chi connectivity index (χ1v) is 4.78. The summed E-state index contributed by atoms with van der Waals surface area (Å²) in [7, 11) is 1.38. The van der Waals surface area contributed by atoms with E-state index in [1.54, 1.807) is 0 Å². The molecule has 0 spiro atoms. The van der Waals surface area contributed by atoms with Crippen LogP contribution in [0.1, 0.15) is 17.5 Å². The zero-order chi connectivity index (χ0) is 11.1. The third-order valence-electron chi connectivity index (χ3n) is 2.09. The van der Waals surface area contributed by atoms with Crippen LogP contribution in [0.25, 0.3) is 0 Å². The van der Waals surface area contributed by atoms with Crippen molar-refractivity contribution in [1.82, 2.24) is 0 Å². The van der Waals surface area contributed by atoms with E-state index in [4.69, 9.17) is 5.26 Å². The van der Waals surface area contributed by atoms with Gasteiger partial charge in [0.15, 0.2) is 0 Å². The van der Waals surface area contributed by atoms with E-state index < -0.39 is 0 Å². The summed E-state index contributed by atoms with van der Waals surface area (Å²) in [5.74, 6) is -0.243. The number of rotatable bonds is 4. The molecule has 0 heterocycles. The van der Waals surface area contributed by atoms with E-state index in [1.165, 1.54) is 7.11 Å². The molecule has 0 aliphatic rings. The van der Waals surface area contributed by atoms with Gasteiger partial charge >= 0.3 is 5.97 Å². The summed E-state index contributed by atoms with van der Waals surface area (Å²) in [6.45, 7) is 0. The summed E-state index contributed by atoms with van der Waals surface area (Å²) in [6.07, 6.45) is 1.52. The lowest BCUT2D eigenvalue weighted by molar-refractivity contribution is -0.139. The number of ether oxygens (including phenoxy) is 1. The average Bonchev–Trinajstić information content (AvgIpc) is 2.26. The van der Waals surface area contributed by atoms with Crippen LogP contribution in [-0.2, 0) is 22.4 Å². The fourth-order valence-corrected chi connectivity index (χ4v) is 1.33. The van der Waals surface area contributed by atoms with E-state index in [0.29, 0.717) is 6.42 Å². The molecule has 0 saturated carbocycles. The smallest absolute Gasteiger partial charge is 0.309 e. The molecule has 3 heteroatoms. The number of carbonyl (C=O) groups is 1. The van der Waals surface area contributed by atoms with Crippen LogP contribution in [0, 0.1) is 11.3 Å². The summed E-state index contributed by atoms with van der Waals surface area (Å²) in [4.78, 5) is 11.0. The first-order chi connectivity index (χ1) is 7.26. The number of hydrogen-bond donors (Lipinski definition) is 0. The summed E-state index contributed by atoms with van der Waals surface area (Å²) in [6, 6.07) is 9.77. The largest absolute Gasteiger partial charge is 0.469 e. The van der Waals surface area contributed by atoms with E-state index in [2.05, 4.69) is 10.8 Å². The van der Waals surface area contributed by atoms with Crippen LogP contribution < -0.4 is 0 Å².